The highest BCUT2D eigenvalue weighted by molar-refractivity contribution is 9.10. The largest absolute Gasteiger partial charge is 0.493 e. The van der Waals surface area contributed by atoms with Gasteiger partial charge in [0, 0.05) is 23.0 Å². The lowest BCUT2D eigenvalue weighted by atomic mass is 9.67. The predicted molar refractivity (Wildman–Crippen MR) is 99.6 cm³/mol. The SMILES string of the molecule is Cl.O=C(NC1CCOc2ccc(Br)cc21)[C@@]12CCCC[C@H]1CNC2. The summed E-state index contributed by atoms with van der Waals surface area (Å²) in [4.78, 5) is 13.2. The fourth-order valence-electron chi connectivity index (χ4n) is 4.51. The number of rotatable bonds is 2. The van der Waals surface area contributed by atoms with Crippen LogP contribution in [-0.4, -0.2) is 25.6 Å². The zero-order valence-electron chi connectivity index (χ0n) is 13.6. The van der Waals surface area contributed by atoms with E-state index < -0.39 is 0 Å². The van der Waals surface area contributed by atoms with Crippen LogP contribution in [0.4, 0.5) is 0 Å². The molecule has 1 aliphatic carbocycles. The van der Waals surface area contributed by atoms with Gasteiger partial charge in [-0.3, -0.25) is 4.79 Å². The zero-order chi connectivity index (χ0) is 15.9. The van der Waals surface area contributed by atoms with Crippen molar-refractivity contribution in [1.29, 1.82) is 0 Å². The van der Waals surface area contributed by atoms with E-state index in [1.807, 2.05) is 12.1 Å². The summed E-state index contributed by atoms with van der Waals surface area (Å²) in [6.07, 6.45) is 5.46. The molecule has 1 saturated heterocycles. The van der Waals surface area contributed by atoms with Crippen molar-refractivity contribution in [2.75, 3.05) is 19.7 Å². The molecule has 1 aromatic carbocycles. The minimum Gasteiger partial charge on any atom is -0.493 e. The average Bonchev–Trinajstić information content (AvgIpc) is 3.00. The van der Waals surface area contributed by atoms with Crippen molar-refractivity contribution in [3.63, 3.8) is 0 Å². The first-order valence-corrected chi connectivity index (χ1v) is 9.42. The fourth-order valence-corrected chi connectivity index (χ4v) is 4.89. The van der Waals surface area contributed by atoms with Crippen LogP contribution >= 0.6 is 28.3 Å². The van der Waals surface area contributed by atoms with E-state index in [0.29, 0.717) is 12.5 Å². The summed E-state index contributed by atoms with van der Waals surface area (Å²) >= 11 is 3.53. The highest BCUT2D eigenvalue weighted by atomic mass is 79.9. The van der Waals surface area contributed by atoms with Crippen LogP contribution in [0.3, 0.4) is 0 Å². The van der Waals surface area contributed by atoms with Crippen molar-refractivity contribution in [2.45, 2.75) is 38.1 Å². The minimum absolute atomic E-state index is 0. The molecule has 4 nitrogen and oxygen atoms in total. The number of hydrogen-bond donors (Lipinski definition) is 2. The second-order valence-corrected chi connectivity index (χ2v) is 7.99. The summed E-state index contributed by atoms with van der Waals surface area (Å²) in [7, 11) is 0. The van der Waals surface area contributed by atoms with E-state index in [9.17, 15) is 4.79 Å². The molecule has 132 valence electrons. The monoisotopic (exact) mass is 414 g/mol. The third-order valence-electron chi connectivity index (χ3n) is 5.81. The summed E-state index contributed by atoms with van der Waals surface area (Å²) in [5.41, 5.74) is 0.900. The van der Waals surface area contributed by atoms with Crippen molar-refractivity contribution in [3.05, 3.63) is 28.2 Å². The lowest BCUT2D eigenvalue weighted by Gasteiger charge is -2.39. The van der Waals surface area contributed by atoms with Gasteiger partial charge in [0.05, 0.1) is 18.1 Å². The van der Waals surface area contributed by atoms with Crippen LogP contribution in [-0.2, 0) is 4.79 Å². The van der Waals surface area contributed by atoms with Crippen LogP contribution in [0.5, 0.6) is 5.75 Å². The number of benzene rings is 1. The van der Waals surface area contributed by atoms with Crippen LogP contribution in [0.15, 0.2) is 22.7 Å². The van der Waals surface area contributed by atoms with E-state index in [1.54, 1.807) is 0 Å². The first-order valence-electron chi connectivity index (χ1n) is 8.63. The molecular formula is C18H24BrClN2O2. The van der Waals surface area contributed by atoms with E-state index in [1.165, 1.54) is 19.3 Å². The van der Waals surface area contributed by atoms with Crippen LogP contribution in [0.1, 0.15) is 43.7 Å². The third-order valence-corrected chi connectivity index (χ3v) is 6.30. The van der Waals surface area contributed by atoms with Gasteiger partial charge in [-0.15, -0.1) is 12.4 Å². The standard InChI is InChI=1S/C18H23BrN2O2.ClH/c19-13-4-5-16-14(9-13)15(6-8-23-16)21-17(22)18-7-2-1-3-12(18)10-20-11-18;/h4-5,9,12,15,20H,1-3,6-8,10-11H2,(H,21,22);1H/t12-,15?,18+;/m0./s1. The fraction of sp³-hybridized carbons (Fsp3) is 0.611. The predicted octanol–water partition coefficient (Wildman–Crippen LogP) is 3.59. The quantitative estimate of drug-likeness (QED) is 0.776. The summed E-state index contributed by atoms with van der Waals surface area (Å²) in [6.45, 7) is 2.48. The summed E-state index contributed by atoms with van der Waals surface area (Å²) < 4.78 is 6.76. The Morgan fingerprint density at radius 3 is 3.08 bits per heavy atom. The summed E-state index contributed by atoms with van der Waals surface area (Å²) in [5.74, 6) is 1.63. The van der Waals surface area contributed by atoms with Gasteiger partial charge in [-0.25, -0.2) is 0 Å². The topological polar surface area (TPSA) is 50.4 Å². The van der Waals surface area contributed by atoms with E-state index in [4.69, 9.17) is 4.74 Å². The maximum Gasteiger partial charge on any atom is 0.228 e. The van der Waals surface area contributed by atoms with Crippen molar-refractivity contribution < 1.29 is 9.53 Å². The van der Waals surface area contributed by atoms with Crippen molar-refractivity contribution in [1.82, 2.24) is 10.6 Å². The zero-order valence-corrected chi connectivity index (χ0v) is 16.0. The number of fused-ring (bicyclic) bond motifs is 2. The van der Waals surface area contributed by atoms with Gasteiger partial charge >= 0.3 is 0 Å². The maximum atomic E-state index is 13.2. The highest BCUT2D eigenvalue weighted by Gasteiger charge is 2.50. The normalized spacial score (nSPS) is 31.2. The van der Waals surface area contributed by atoms with Crippen molar-refractivity contribution in [2.24, 2.45) is 11.3 Å². The van der Waals surface area contributed by atoms with Gasteiger partial charge in [0.25, 0.3) is 0 Å². The average molecular weight is 416 g/mol. The third kappa shape index (κ3) is 3.06. The number of halogens is 2. The molecule has 0 radical (unpaired) electrons. The van der Waals surface area contributed by atoms with Gasteiger partial charge in [-0.2, -0.15) is 0 Å². The van der Waals surface area contributed by atoms with Crippen LogP contribution < -0.4 is 15.4 Å². The molecule has 1 saturated carbocycles. The van der Waals surface area contributed by atoms with Gasteiger partial charge in [0.15, 0.2) is 0 Å². The van der Waals surface area contributed by atoms with Gasteiger partial charge in [-0.05, 0) is 43.5 Å². The number of nitrogens with one attached hydrogen (secondary N) is 2. The molecule has 0 aromatic heterocycles. The lowest BCUT2D eigenvalue weighted by Crippen LogP contribution is -2.49. The Morgan fingerprint density at radius 1 is 1.33 bits per heavy atom. The summed E-state index contributed by atoms with van der Waals surface area (Å²) in [6, 6.07) is 6.10. The molecule has 2 heterocycles. The molecule has 1 aromatic rings. The highest BCUT2D eigenvalue weighted by Crippen LogP contribution is 2.45. The first kappa shape index (κ1) is 18.0. The Balaban J connectivity index is 0.00000169. The molecule has 3 atom stereocenters. The Bertz CT molecular complexity index is 627. The van der Waals surface area contributed by atoms with Crippen molar-refractivity contribution >= 4 is 34.2 Å². The van der Waals surface area contributed by atoms with Crippen LogP contribution in [0.25, 0.3) is 0 Å². The Kier molecular flexibility index (Phi) is 5.42. The molecule has 4 rings (SSSR count). The molecule has 2 fully saturated rings. The van der Waals surface area contributed by atoms with E-state index in [0.717, 1.165) is 41.7 Å². The van der Waals surface area contributed by atoms with Gasteiger partial charge in [-0.1, -0.05) is 28.8 Å². The van der Waals surface area contributed by atoms with Gasteiger partial charge in [0.2, 0.25) is 5.91 Å². The molecule has 24 heavy (non-hydrogen) atoms. The van der Waals surface area contributed by atoms with Crippen LogP contribution in [0, 0.1) is 11.3 Å². The number of hydrogen-bond acceptors (Lipinski definition) is 3. The molecule has 6 heteroatoms. The maximum absolute atomic E-state index is 13.2. The summed E-state index contributed by atoms with van der Waals surface area (Å²) in [5, 5.41) is 6.81. The van der Waals surface area contributed by atoms with Gasteiger partial charge in [0.1, 0.15) is 5.75 Å². The van der Waals surface area contributed by atoms with Crippen molar-refractivity contribution in [3.8, 4) is 5.75 Å². The second kappa shape index (κ2) is 7.22. The molecule has 0 spiro atoms. The minimum atomic E-state index is -0.192. The number of ether oxygens (including phenoxy) is 1. The number of amides is 1. The molecule has 1 amide bonds. The van der Waals surface area contributed by atoms with Crippen LogP contribution in [0.2, 0.25) is 0 Å². The Morgan fingerprint density at radius 2 is 2.21 bits per heavy atom. The molecular weight excluding hydrogens is 392 g/mol. The number of carbonyl (C=O) groups excluding carboxylic acids is 1. The Hall–Kier alpha value is -0.780. The van der Waals surface area contributed by atoms with Gasteiger partial charge < -0.3 is 15.4 Å². The lowest BCUT2D eigenvalue weighted by molar-refractivity contribution is -0.135. The first-order chi connectivity index (χ1) is 11.2. The molecule has 3 aliphatic rings. The van der Waals surface area contributed by atoms with E-state index in [-0.39, 0.29) is 29.8 Å². The number of carbonyl (C=O) groups is 1. The van der Waals surface area contributed by atoms with E-state index >= 15 is 0 Å². The molecule has 0 bridgehead atoms. The molecule has 2 N–H and O–H groups in total. The second-order valence-electron chi connectivity index (χ2n) is 7.08. The van der Waals surface area contributed by atoms with E-state index in [2.05, 4.69) is 32.6 Å². The smallest absolute Gasteiger partial charge is 0.228 e. The Labute approximate surface area is 157 Å². The molecule has 1 unspecified atom stereocenters. The molecule has 2 aliphatic heterocycles.